The van der Waals surface area contributed by atoms with Gasteiger partial charge in [0, 0.05) is 36.6 Å². The van der Waals surface area contributed by atoms with Crippen LogP contribution in [0.3, 0.4) is 0 Å². The maximum atomic E-state index is 13.4. The van der Waals surface area contributed by atoms with Crippen LogP contribution in [0, 0.1) is 0 Å². The van der Waals surface area contributed by atoms with Crippen LogP contribution >= 0.6 is 11.3 Å². The smallest absolute Gasteiger partial charge is 0.344 e. The van der Waals surface area contributed by atoms with Gasteiger partial charge in [0.15, 0.2) is 11.3 Å². The third-order valence-electron chi connectivity index (χ3n) is 6.92. The highest BCUT2D eigenvalue weighted by atomic mass is 32.1. The lowest BCUT2D eigenvalue weighted by Crippen LogP contribution is -2.32. The van der Waals surface area contributed by atoms with Gasteiger partial charge < -0.3 is 19.3 Å². The normalized spacial score (nSPS) is 11.7. The van der Waals surface area contributed by atoms with Crippen molar-refractivity contribution < 1.29 is 19.1 Å². The van der Waals surface area contributed by atoms with E-state index < -0.39 is 5.97 Å². The summed E-state index contributed by atoms with van der Waals surface area (Å²) in [6.07, 6.45) is 4.27. The fraction of sp³-hybridized carbons (Fsp3) is 0.400. The van der Waals surface area contributed by atoms with E-state index in [0.717, 1.165) is 36.4 Å². The van der Waals surface area contributed by atoms with Crippen LogP contribution in [-0.4, -0.2) is 71.8 Å². The van der Waals surface area contributed by atoms with Crippen LogP contribution in [0.5, 0.6) is 5.75 Å². The van der Waals surface area contributed by atoms with Crippen molar-refractivity contribution in [2.24, 2.45) is 0 Å². The summed E-state index contributed by atoms with van der Waals surface area (Å²) in [5.74, 6) is -0.358. The summed E-state index contributed by atoms with van der Waals surface area (Å²) in [4.78, 5) is 36.3. The van der Waals surface area contributed by atoms with E-state index in [1.54, 1.807) is 27.9 Å². The van der Waals surface area contributed by atoms with E-state index >= 15 is 0 Å². The number of aromatic nitrogens is 3. The highest BCUT2D eigenvalue weighted by Crippen LogP contribution is 2.30. The molecule has 212 valence electrons. The topological polar surface area (TPSA) is 89.3 Å². The number of methoxy groups -OCH3 is 2. The van der Waals surface area contributed by atoms with Crippen LogP contribution in [0.1, 0.15) is 66.3 Å². The summed E-state index contributed by atoms with van der Waals surface area (Å²) in [5.41, 5.74) is 1.70. The molecule has 0 radical (unpaired) electrons. The summed E-state index contributed by atoms with van der Waals surface area (Å²) in [6.45, 7) is 11.0. The Labute approximate surface area is 239 Å². The van der Waals surface area contributed by atoms with Gasteiger partial charge in [0.2, 0.25) is 0 Å². The SMILES string of the molecule is CCCCN(CC)c1ccc(C=c2c(-c3ccccc3OC)nc3c(C(=O)OC)c(C(=O)N(CC)CC)nn23)s1. The molecule has 0 bridgehead atoms. The fourth-order valence-corrected chi connectivity index (χ4v) is 5.74. The maximum absolute atomic E-state index is 13.4. The van der Waals surface area contributed by atoms with E-state index in [-0.39, 0.29) is 22.8 Å². The second-order valence-corrected chi connectivity index (χ2v) is 10.3. The number of carbonyl (C=O) groups is 2. The highest BCUT2D eigenvalue weighted by molar-refractivity contribution is 7.16. The number of amides is 1. The fourth-order valence-electron chi connectivity index (χ4n) is 4.71. The average Bonchev–Trinajstić information content (AvgIpc) is 3.68. The lowest BCUT2D eigenvalue weighted by atomic mass is 10.1. The standard InChI is InChI=1S/C30H37N5O4S/c1-7-11-18-34(10-4)24-17-16-20(40-24)19-22-26(21-14-12-13-15-23(21)38-5)31-28-25(30(37)39-6)27(32-35(22)28)29(36)33(8-2)9-3/h12-17,19H,7-11,18H2,1-6H3. The number of benzene rings is 1. The van der Waals surface area contributed by atoms with Crippen LogP contribution < -0.4 is 15.0 Å². The molecule has 3 aromatic heterocycles. The second-order valence-electron chi connectivity index (χ2n) is 9.23. The maximum Gasteiger partial charge on any atom is 0.344 e. The number of unbranched alkanes of at least 4 members (excludes halogenated alkanes) is 1. The Balaban J connectivity index is 1.99. The molecule has 0 fully saturated rings. The Bertz CT molecular complexity index is 1540. The summed E-state index contributed by atoms with van der Waals surface area (Å²) >= 11 is 1.68. The first kappa shape index (κ1) is 29.1. The van der Waals surface area contributed by atoms with Gasteiger partial charge in [-0.05, 0) is 57.5 Å². The zero-order chi connectivity index (χ0) is 28.8. The van der Waals surface area contributed by atoms with Gasteiger partial charge in [-0.15, -0.1) is 11.3 Å². The third kappa shape index (κ3) is 5.54. The number of ether oxygens (including phenoxy) is 2. The van der Waals surface area contributed by atoms with Gasteiger partial charge in [-0.2, -0.15) is 5.10 Å². The largest absolute Gasteiger partial charge is 0.496 e. The number of esters is 1. The molecule has 0 atom stereocenters. The second kappa shape index (κ2) is 13.0. The van der Waals surface area contributed by atoms with Gasteiger partial charge in [0.1, 0.15) is 17.0 Å². The Morgan fingerprint density at radius 2 is 1.77 bits per heavy atom. The Morgan fingerprint density at radius 3 is 2.42 bits per heavy atom. The van der Waals surface area contributed by atoms with Crippen LogP contribution in [-0.2, 0) is 4.74 Å². The van der Waals surface area contributed by atoms with Gasteiger partial charge in [-0.25, -0.2) is 14.3 Å². The molecule has 0 saturated carbocycles. The Morgan fingerprint density at radius 1 is 1.02 bits per heavy atom. The molecule has 4 rings (SSSR count). The van der Waals surface area contributed by atoms with E-state index in [9.17, 15) is 9.59 Å². The lowest BCUT2D eigenvalue weighted by molar-refractivity contribution is 0.0592. The molecule has 4 aromatic rings. The minimum absolute atomic E-state index is 0.0304. The van der Waals surface area contributed by atoms with Crippen LogP contribution in [0.25, 0.3) is 23.0 Å². The number of carbonyl (C=O) groups excluding carboxylic acids is 2. The molecular weight excluding hydrogens is 526 g/mol. The average molecular weight is 564 g/mol. The first-order valence-corrected chi connectivity index (χ1v) is 14.5. The van der Waals surface area contributed by atoms with Crippen molar-refractivity contribution in [3.63, 3.8) is 0 Å². The number of nitrogens with zero attached hydrogens (tertiary/aromatic N) is 5. The van der Waals surface area contributed by atoms with Crippen molar-refractivity contribution in [2.45, 2.75) is 40.5 Å². The molecule has 40 heavy (non-hydrogen) atoms. The zero-order valence-electron chi connectivity index (χ0n) is 24.1. The molecule has 1 aromatic carbocycles. The number of hydrogen-bond donors (Lipinski definition) is 0. The van der Waals surface area contributed by atoms with Crippen LogP contribution in [0.2, 0.25) is 0 Å². The summed E-state index contributed by atoms with van der Waals surface area (Å²) < 4.78 is 12.3. The summed E-state index contributed by atoms with van der Waals surface area (Å²) in [7, 11) is 2.90. The van der Waals surface area contributed by atoms with Crippen LogP contribution in [0.15, 0.2) is 36.4 Å². The minimum Gasteiger partial charge on any atom is -0.496 e. The van der Waals surface area contributed by atoms with Gasteiger partial charge in [0.05, 0.1) is 24.6 Å². The molecule has 0 aliphatic carbocycles. The van der Waals surface area contributed by atoms with Gasteiger partial charge in [-0.3, -0.25) is 4.79 Å². The van der Waals surface area contributed by atoms with Crippen LogP contribution in [0.4, 0.5) is 5.00 Å². The molecule has 3 heterocycles. The Hall–Kier alpha value is -3.92. The van der Waals surface area contributed by atoms with Crippen molar-refractivity contribution in [1.29, 1.82) is 0 Å². The number of anilines is 1. The zero-order valence-corrected chi connectivity index (χ0v) is 24.9. The summed E-state index contributed by atoms with van der Waals surface area (Å²) in [5, 5.41) is 6.51. The predicted molar refractivity (Wildman–Crippen MR) is 159 cm³/mol. The van der Waals surface area contributed by atoms with Gasteiger partial charge in [-0.1, -0.05) is 25.5 Å². The molecule has 0 spiro atoms. The monoisotopic (exact) mass is 563 g/mol. The van der Waals surface area contributed by atoms with Gasteiger partial charge >= 0.3 is 5.97 Å². The molecule has 0 saturated heterocycles. The lowest BCUT2D eigenvalue weighted by Gasteiger charge is -2.20. The first-order valence-electron chi connectivity index (χ1n) is 13.7. The van der Waals surface area contributed by atoms with E-state index in [4.69, 9.17) is 14.5 Å². The number of imidazole rings is 1. The number of hydrogen-bond acceptors (Lipinski definition) is 8. The molecule has 0 N–H and O–H groups in total. The molecular formula is C30H37N5O4S. The number of rotatable bonds is 12. The Kier molecular flexibility index (Phi) is 9.42. The molecule has 9 nitrogen and oxygen atoms in total. The molecule has 0 aliphatic heterocycles. The van der Waals surface area contributed by atoms with E-state index in [2.05, 4.69) is 36.0 Å². The van der Waals surface area contributed by atoms with Crippen molar-refractivity contribution in [3.8, 4) is 17.0 Å². The molecule has 10 heteroatoms. The molecule has 0 unspecified atom stereocenters. The predicted octanol–water partition coefficient (Wildman–Crippen LogP) is 4.91. The quantitative estimate of drug-likeness (QED) is 0.226. The van der Waals surface area contributed by atoms with Crippen molar-refractivity contribution in [3.05, 3.63) is 57.9 Å². The molecule has 1 amide bonds. The van der Waals surface area contributed by atoms with E-state index in [1.165, 1.54) is 12.1 Å². The summed E-state index contributed by atoms with van der Waals surface area (Å²) in [6, 6.07) is 11.8. The number of para-hydroxylation sites is 1. The van der Waals surface area contributed by atoms with Crippen molar-refractivity contribution >= 4 is 39.9 Å². The van der Waals surface area contributed by atoms with E-state index in [0.29, 0.717) is 29.9 Å². The van der Waals surface area contributed by atoms with Crippen molar-refractivity contribution in [1.82, 2.24) is 19.5 Å². The van der Waals surface area contributed by atoms with E-state index in [1.807, 2.05) is 44.2 Å². The highest BCUT2D eigenvalue weighted by Gasteiger charge is 2.31. The minimum atomic E-state index is -0.658. The number of fused-ring (bicyclic) bond motifs is 1. The molecule has 0 aliphatic rings. The first-order chi connectivity index (χ1) is 19.4. The third-order valence-corrected chi connectivity index (χ3v) is 8.01. The van der Waals surface area contributed by atoms with Gasteiger partial charge in [0.25, 0.3) is 5.91 Å². The van der Waals surface area contributed by atoms with Crippen molar-refractivity contribution in [2.75, 3.05) is 45.3 Å². The number of thiophene rings is 1.